The zero-order chi connectivity index (χ0) is 15.9. The highest BCUT2D eigenvalue weighted by Crippen LogP contribution is 2.15. The summed E-state index contributed by atoms with van der Waals surface area (Å²) in [5.74, 6) is -0.473. The van der Waals surface area contributed by atoms with E-state index < -0.39 is 10.8 Å². The van der Waals surface area contributed by atoms with Gasteiger partial charge in [0.15, 0.2) is 0 Å². The van der Waals surface area contributed by atoms with Crippen molar-refractivity contribution in [1.29, 1.82) is 5.26 Å². The first-order valence-corrected chi connectivity index (χ1v) is 6.19. The van der Waals surface area contributed by atoms with Crippen LogP contribution in [0.5, 0.6) is 0 Å². The van der Waals surface area contributed by atoms with E-state index in [0.29, 0.717) is 11.1 Å². The third kappa shape index (κ3) is 3.52. The molecular formula is C15H10N4O3. The molecule has 0 aliphatic heterocycles. The molecule has 0 atom stereocenters. The first kappa shape index (κ1) is 14.9. The number of hydrogen-bond donors (Lipinski definition) is 1. The third-order valence-corrected chi connectivity index (χ3v) is 2.78. The number of amides is 1. The van der Waals surface area contributed by atoms with E-state index in [-0.39, 0.29) is 11.3 Å². The summed E-state index contributed by atoms with van der Waals surface area (Å²) in [5, 5.41) is 23.2. The van der Waals surface area contributed by atoms with E-state index in [1.54, 1.807) is 12.1 Å². The molecule has 2 aromatic carbocycles. The van der Waals surface area contributed by atoms with Crippen LogP contribution in [0.1, 0.15) is 21.5 Å². The van der Waals surface area contributed by atoms with Gasteiger partial charge in [0.25, 0.3) is 11.6 Å². The van der Waals surface area contributed by atoms with Crippen LogP contribution >= 0.6 is 0 Å². The highest BCUT2D eigenvalue weighted by atomic mass is 16.6. The quantitative estimate of drug-likeness (QED) is 0.529. The Bertz CT molecular complexity index is 776. The van der Waals surface area contributed by atoms with Crippen molar-refractivity contribution < 1.29 is 9.72 Å². The second kappa shape index (κ2) is 6.76. The molecule has 0 bridgehead atoms. The molecule has 0 spiro atoms. The van der Waals surface area contributed by atoms with Crippen molar-refractivity contribution in [3.63, 3.8) is 0 Å². The second-order valence-electron chi connectivity index (χ2n) is 4.20. The number of nitrogens with one attached hydrogen (secondary N) is 1. The fraction of sp³-hybridized carbons (Fsp3) is 0. The summed E-state index contributed by atoms with van der Waals surface area (Å²) >= 11 is 0. The van der Waals surface area contributed by atoms with Crippen LogP contribution < -0.4 is 5.43 Å². The number of benzene rings is 2. The normalized spacial score (nSPS) is 10.1. The van der Waals surface area contributed by atoms with Gasteiger partial charge in [0, 0.05) is 11.6 Å². The maximum atomic E-state index is 11.8. The van der Waals surface area contributed by atoms with Crippen LogP contribution in [0.15, 0.2) is 53.6 Å². The maximum Gasteiger partial charge on any atom is 0.278 e. The molecule has 1 amide bonds. The first-order valence-electron chi connectivity index (χ1n) is 6.19. The van der Waals surface area contributed by atoms with Gasteiger partial charge in [-0.05, 0) is 30.3 Å². The molecule has 2 aromatic rings. The number of nitriles is 1. The topological polar surface area (TPSA) is 108 Å². The Labute approximate surface area is 125 Å². The molecule has 0 saturated heterocycles. The van der Waals surface area contributed by atoms with Crippen molar-refractivity contribution in [3.8, 4) is 6.07 Å². The van der Waals surface area contributed by atoms with Gasteiger partial charge in [-0.15, -0.1) is 0 Å². The lowest BCUT2D eigenvalue weighted by Gasteiger charge is -2.00. The van der Waals surface area contributed by atoms with Gasteiger partial charge in [0.2, 0.25) is 0 Å². The number of nitro benzene ring substituents is 1. The number of rotatable bonds is 4. The lowest BCUT2D eigenvalue weighted by molar-refractivity contribution is -0.385. The summed E-state index contributed by atoms with van der Waals surface area (Å²) in [6.07, 6.45) is 1.21. The number of hydrogen-bond acceptors (Lipinski definition) is 5. The molecule has 7 nitrogen and oxygen atoms in total. The molecule has 0 heterocycles. The van der Waals surface area contributed by atoms with Gasteiger partial charge in [0.1, 0.15) is 0 Å². The van der Waals surface area contributed by atoms with E-state index in [0.717, 1.165) is 0 Å². The summed E-state index contributed by atoms with van der Waals surface area (Å²) in [6.45, 7) is 0. The molecule has 1 N–H and O–H groups in total. The molecular weight excluding hydrogens is 284 g/mol. The molecule has 0 aliphatic rings. The Morgan fingerprint density at radius 2 is 1.91 bits per heavy atom. The summed E-state index contributed by atoms with van der Waals surface area (Å²) in [5.41, 5.74) is 3.24. The van der Waals surface area contributed by atoms with Crippen molar-refractivity contribution >= 4 is 17.8 Å². The minimum atomic E-state index is -0.524. The molecule has 0 saturated carbocycles. The minimum absolute atomic E-state index is 0.0983. The van der Waals surface area contributed by atoms with E-state index in [2.05, 4.69) is 10.5 Å². The van der Waals surface area contributed by atoms with Crippen LogP contribution in [0.3, 0.4) is 0 Å². The summed E-state index contributed by atoms with van der Waals surface area (Å²) in [4.78, 5) is 22.1. The Kier molecular flexibility index (Phi) is 4.57. The van der Waals surface area contributed by atoms with Crippen molar-refractivity contribution in [3.05, 3.63) is 75.3 Å². The fourth-order valence-corrected chi connectivity index (χ4v) is 1.68. The van der Waals surface area contributed by atoms with Crippen LogP contribution in [0.4, 0.5) is 5.69 Å². The molecule has 0 radical (unpaired) electrons. The average molecular weight is 294 g/mol. The van der Waals surface area contributed by atoms with Crippen molar-refractivity contribution in [2.45, 2.75) is 0 Å². The largest absolute Gasteiger partial charge is 0.278 e. The predicted molar refractivity (Wildman–Crippen MR) is 79.3 cm³/mol. The van der Waals surface area contributed by atoms with Crippen LogP contribution in [0, 0.1) is 21.4 Å². The van der Waals surface area contributed by atoms with Crippen molar-refractivity contribution in [1.82, 2.24) is 5.43 Å². The van der Waals surface area contributed by atoms with Crippen LogP contribution in [0.2, 0.25) is 0 Å². The number of carbonyl (C=O) groups excluding carboxylic acids is 1. The highest BCUT2D eigenvalue weighted by molar-refractivity contribution is 5.95. The van der Waals surface area contributed by atoms with Crippen molar-refractivity contribution in [2.24, 2.45) is 5.10 Å². The minimum Gasteiger partial charge on any atom is -0.267 e. The summed E-state index contributed by atoms with van der Waals surface area (Å²) in [6, 6.07) is 14.0. The highest BCUT2D eigenvalue weighted by Gasteiger charge is 2.10. The standard InChI is InChI=1S/C15H10N4O3/c16-9-11-5-7-12(8-6-11)15(20)18-17-10-13-3-1-2-4-14(13)19(21)22/h1-8,10H,(H,18,20)/b17-10-. The third-order valence-electron chi connectivity index (χ3n) is 2.78. The molecule has 22 heavy (non-hydrogen) atoms. The Morgan fingerprint density at radius 1 is 1.23 bits per heavy atom. The van der Waals surface area contributed by atoms with E-state index in [1.165, 1.54) is 42.6 Å². The van der Waals surface area contributed by atoms with Gasteiger partial charge in [-0.25, -0.2) is 5.43 Å². The number of hydrazone groups is 1. The molecule has 7 heteroatoms. The fourth-order valence-electron chi connectivity index (χ4n) is 1.68. The van der Waals surface area contributed by atoms with Gasteiger partial charge >= 0.3 is 0 Å². The van der Waals surface area contributed by atoms with Gasteiger partial charge < -0.3 is 0 Å². The maximum absolute atomic E-state index is 11.8. The molecule has 108 valence electrons. The van der Waals surface area contributed by atoms with Gasteiger partial charge in [-0.3, -0.25) is 14.9 Å². The van der Waals surface area contributed by atoms with E-state index in [4.69, 9.17) is 5.26 Å². The Balaban J connectivity index is 2.07. The van der Waals surface area contributed by atoms with Crippen molar-refractivity contribution in [2.75, 3.05) is 0 Å². The van der Waals surface area contributed by atoms with Crippen LogP contribution in [-0.2, 0) is 0 Å². The monoisotopic (exact) mass is 294 g/mol. The zero-order valence-corrected chi connectivity index (χ0v) is 11.3. The molecule has 0 aliphatic carbocycles. The number of nitro groups is 1. The lowest BCUT2D eigenvalue weighted by Crippen LogP contribution is -2.17. The summed E-state index contributed by atoms with van der Waals surface area (Å²) < 4.78 is 0. The Morgan fingerprint density at radius 3 is 2.55 bits per heavy atom. The Hall–Kier alpha value is -3.53. The SMILES string of the molecule is N#Cc1ccc(C(=O)N/N=C\c2ccccc2[N+](=O)[O-])cc1. The number of para-hydroxylation sites is 1. The molecule has 0 unspecified atom stereocenters. The smallest absolute Gasteiger partial charge is 0.267 e. The van der Waals surface area contributed by atoms with E-state index in [9.17, 15) is 14.9 Å². The van der Waals surface area contributed by atoms with E-state index in [1.807, 2.05) is 6.07 Å². The van der Waals surface area contributed by atoms with Crippen LogP contribution in [-0.4, -0.2) is 17.0 Å². The summed E-state index contributed by atoms with van der Waals surface area (Å²) in [7, 11) is 0. The zero-order valence-electron chi connectivity index (χ0n) is 11.3. The predicted octanol–water partition coefficient (Wildman–Crippen LogP) is 2.23. The van der Waals surface area contributed by atoms with E-state index >= 15 is 0 Å². The van der Waals surface area contributed by atoms with Gasteiger partial charge in [-0.2, -0.15) is 10.4 Å². The average Bonchev–Trinajstić information content (AvgIpc) is 2.55. The number of carbonyl (C=O) groups is 1. The second-order valence-corrected chi connectivity index (χ2v) is 4.20. The van der Waals surface area contributed by atoms with Gasteiger partial charge in [-0.1, -0.05) is 12.1 Å². The molecule has 0 aromatic heterocycles. The first-order chi connectivity index (χ1) is 10.6. The van der Waals surface area contributed by atoms with Gasteiger partial charge in [0.05, 0.1) is 28.3 Å². The lowest BCUT2D eigenvalue weighted by atomic mass is 10.1. The number of nitrogens with zero attached hydrogens (tertiary/aromatic N) is 3. The van der Waals surface area contributed by atoms with Crippen LogP contribution in [0.25, 0.3) is 0 Å². The molecule has 0 fully saturated rings. The molecule has 2 rings (SSSR count).